The quantitative estimate of drug-likeness (QED) is 0.172. The maximum atomic E-state index is 14.6. The highest BCUT2D eigenvalue weighted by Crippen LogP contribution is 2.35. The molecule has 4 aromatic carbocycles. The smallest absolute Gasteiger partial charge is 0.264 e. The molecule has 0 unspecified atom stereocenters. The molecule has 0 heterocycles. The zero-order valence-electron chi connectivity index (χ0n) is 25.2. The summed E-state index contributed by atoms with van der Waals surface area (Å²) in [7, 11) is -2.89. The summed E-state index contributed by atoms with van der Waals surface area (Å²) in [6, 6.07) is 28.0. The van der Waals surface area contributed by atoms with E-state index in [1.165, 1.54) is 30.2 Å². The molecule has 236 valence electrons. The van der Waals surface area contributed by atoms with E-state index in [4.69, 9.17) is 16.3 Å². The lowest BCUT2D eigenvalue weighted by molar-refractivity contribution is -0.140. The third-order valence-corrected chi connectivity index (χ3v) is 9.47. The van der Waals surface area contributed by atoms with Gasteiger partial charge >= 0.3 is 0 Å². The van der Waals surface area contributed by atoms with Crippen LogP contribution in [0.15, 0.2) is 112 Å². The average Bonchev–Trinajstić information content (AvgIpc) is 3.02. The molecule has 0 bridgehead atoms. The minimum Gasteiger partial charge on any atom is -0.495 e. The predicted octanol–water partition coefficient (Wildman–Crippen LogP) is 6.47. The van der Waals surface area contributed by atoms with Crippen LogP contribution in [-0.2, 0) is 32.6 Å². The third kappa shape index (κ3) is 8.87. The van der Waals surface area contributed by atoms with Crippen molar-refractivity contribution in [1.29, 1.82) is 0 Å². The number of carbonyl (C=O) groups excluding carboxylic acids is 2. The third-order valence-electron chi connectivity index (χ3n) is 6.96. The van der Waals surface area contributed by atoms with Gasteiger partial charge < -0.3 is 15.0 Å². The van der Waals surface area contributed by atoms with E-state index in [1.807, 2.05) is 68.4 Å². The fourth-order valence-corrected chi connectivity index (χ4v) is 6.91. The molecule has 0 aliphatic heterocycles. The van der Waals surface area contributed by atoms with E-state index in [-0.39, 0.29) is 46.3 Å². The number of ether oxygens (including phenoxy) is 1. The molecule has 0 aliphatic carbocycles. The summed E-state index contributed by atoms with van der Waals surface area (Å²) in [6.07, 6.45) is 0.213. The van der Waals surface area contributed by atoms with Crippen LogP contribution in [0.5, 0.6) is 5.75 Å². The van der Waals surface area contributed by atoms with Gasteiger partial charge in [0.05, 0.1) is 17.7 Å². The molecule has 0 fully saturated rings. The molecule has 2 amide bonds. The van der Waals surface area contributed by atoms with Gasteiger partial charge in [-0.25, -0.2) is 8.42 Å². The molecule has 0 aliphatic rings. The van der Waals surface area contributed by atoms with Gasteiger partial charge in [-0.2, -0.15) is 0 Å². The lowest BCUT2D eigenvalue weighted by Gasteiger charge is -2.34. The Balaban J connectivity index is 1.85. The van der Waals surface area contributed by atoms with Crippen LogP contribution in [0.4, 0.5) is 5.69 Å². The summed E-state index contributed by atoms with van der Waals surface area (Å²) >= 11 is 9.83. The molecule has 0 aromatic heterocycles. The fraction of sp³-hybridized carbons (Fsp3) is 0.235. The van der Waals surface area contributed by atoms with Crippen LogP contribution in [0, 0.1) is 0 Å². The van der Waals surface area contributed by atoms with Gasteiger partial charge in [0.25, 0.3) is 10.0 Å². The molecular weight excluding hydrogens is 678 g/mol. The minimum atomic E-state index is -4.30. The second-order valence-electron chi connectivity index (χ2n) is 10.7. The number of hydrogen-bond donors (Lipinski definition) is 1. The Morgan fingerprint density at radius 2 is 1.53 bits per heavy atom. The van der Waals surface area contributed by atoms with E-state index in [2.05, 4.69) is 21.2 Å². The van der Waals surface area contributed by atoms with Gasteiger partial charge in [0.1, 0.15) is 18.3 Å². The Hall–Kier alpha value is -3.86. The number of nitrogens with zero attached hydrogens (tertiary/aromatic N) is 2. The van der Waals surface area contributed by atoms with E-state index in [0.29, 0.717) is 0 Å². The van der Waals surface area contributed by atoms with Crippen LogP contribution in [0.25, 0.3) is 0 Å². The number of amides is 2. The molecule has 0 radical (unpaired) electrons. The van der Waals surface area contributed by atoms with Crippen LogP contribution in [0.3, 0.4) is 0 Å². The Labute approximate surface area is 278 Å². The zero-order chi connectivity index (χ0) is 32.6. The van der Waals surface area contributed by atoms with Crippen LogP contribution in [-0.4, -0.2) is 50.9 Å². The van der Waals surface area contributed by atoms with Crippen molar-refractivity contribution in [2.75, 3.05) is 18.0 Å². The minimum absolute atomic E-state index is 0.0169. The second-order valence-corrected chi connectivity index (χ2v) is 13.9. The molecule has 4 rings (SSSR count). The monoisotopic (exact) mass is 711 g/mol. The number of carbonyl (C=O) groups is 2. The first-order valence-electron chi connectivity index (χ1n) is 14.3. The van der Waals surface area contributed by atoms with Crippen molar-refractivity contribution >= 4 is 55.1 Å². The van der Waals surface area contributed by atoms with Crippen molar-refractivity contribution in [2.45, 2.75) is 43.8 Å². The molecule has 1 N–H and O–H groups in total. The Bertz CT molecular complexity index is 1720. The number of rotatable bonds is 13. The molecule has 11 heteroatoms. The SMILES string of the molecule is COc1ccc(Cl)cc1N(CC(=O)N(Cc1cccc(Br)c1)[C@@H](Cc1ccccc1)C(=O)NC(C)C)S(=O)(=O)c1ccccc1. The highest BCUT2D eigenvalue weighted by Gasteiger charge is 2.35. The highest BCUT2D eigenvalue weighted by molar-refractivity contribution is 9.10. The first-order valence-corrected chi connectivity index (χ1v) is 16.9. The van der Waals surface area contributed by atoms with E-state index >= 15 is 0 Å². The zero-order valence-corrected chi connectivity index (χ0v) is 28.3. The van der Waals surface area contributed by atoms with Gasteiger partial charge in [0.15, 0.2) is 0 Å². The van der Waals surface area contributed by atoms with Gasteiger partial charge in [0, 0.05) is 28.5 Å². The largest absolute Gasteiger partial charge is 0.495 e. The Kier molecular flexibility index (Phi) is 11.7. The summed E-state index contributed by atoms with van der Waals surface area (Å²) in [5.74, 6) is -0.727. The number of sulfonamides is 1. The number of benzene rings is 4. The van der Waals surface area contributed by atoms with Crippen molar-refractivity contribution in [3.8, 4) is 5.75 Å². The lowest BCUT2D eigenvalue weighted by atomic mass is 10.0. The van der Waals surface area contributed by atoms with Crippen molar-refractivity contribution in [2.24, 2.45) is 0 Å². The van der Waals surface area contributed by atoms with Crippen molar-refractivity contribution in [3.63, 3.8) is 0 Å². The lowest BCUT2D eigenvalue weighted by Crippen LogP contribution is -2.54. The van der Waals surface area contributed by atoms with Crippen LogP contribution in [0.1, 0.15) is 25.0 Å². The predicted molar refractivity (Wildman–Crippen MR) is 181 cm³/mol. The highest BCUT2D eigenvalue weighted by atomic mass is 79.9. The maximum absolute atomic E-state index is 14.6. The molecule has 0 spiro atoms. The van der Waals surface area contributed by atoms with Gasteiger partial charge in [-0.1, -0.05) is 88.2 Å². The molecule has 8 nitrogen and oxygen atoms in total. The van der Waals surface area contributed by atoms with Gasteiger partial charge in [-0.3, -0.25) is 13.9 Å². The summed E-state index contributed by atoms with van der Waals surface area (Å²) in [4.78, 5) is 29.8. The van der Waals surface area contributed by atoms with Crippen LogP contribution in [0.2, 0.25) is 5.02 Å². The number of anilines is 1. The van der Waals surface area contributed by atoms with E-state index in [1.54, 1.807) is 30.3 Å². The number of methoxy groups -OCH3 is 1. The molecule has 1 atom stereocenters. The number of hydrogen-bond acceptors (Lipinski definition) is 5. The average molecular weight is 713 g/mol. The van der Waals surface area contributed by atoms with E-state index < -0.39 is 28.5 Å². The van der Waals surface area contributed by atoms with E-state index in [0.717, 1.165) is 19.9 Å². The molecule has 4 aromatic rings. The van der Waals surface area contributed by atoms with Crippen molar-refractivity contribution in [3.05, 3.63) is 124 Å². The van der Waals surface area contributed by atoms with Crippen molar-refractivity contribution < 1.29 is 22.7 Å². The maximum Gasteiger partial charge on any atom is 0.264 e. The topological polar surface area (TPSA) is 96.0 Å². The summed E-state index contributed by atoms with van der Waals surface area (Å²) in [5.41, 5.74) is 1.69. The molecule has 0 saturated heterocycles. The molecule has 45 heavy (non-hydrogen) atoms. The molecule has 0 saturated carbocycles. The standard InChI is InChI=1S/C34H35BrClN3O5S/c1-24(2)37-34(41)31(20-25-11-6-4-7-12-25)38(22-26-13-10-14-27(35)19-26)33(40)23-39(30-21-28(36)17-18-32(30)44-3)45(42,43)29-15-8-5-9-16-29/h4-19,21,24,31H,20,22-23H2,1-3H3,(H,37,41)/t31-/m0/s1. The first-order chi connectivity index (χ1) is 21.5. The second kappa shape index (κ2) is 15.4. The first kappa shape index (κ1) is 34.0. The van der Waals surface area contributed by atoms with E-state index in [9.17, 15) is 18.0 Å². The normalized spacial score (nSPS) is 12.0. The summed E-state index contributed by atoms with van der Waals surface area (Å²) in [6.45, 7) is 3.12. The van der Waals surface area contributed by atoms with Gasteiger partial charge in [-0.05, 0) is 67.4 Å². The summed E-state index contributed by atoms with van der Waals surface area (Å²) in [5, 5.41) is 3.21. The van der Waals surface area contributed by atoms with Crippen LogP contribution >= 0.6 is 27.5 Å². The Morgan fingerprint density at radius 1 is 0.889 bits per heavy atom. The van der Waals surface area contributed by atoms with Gasteiger partial charge in [-0.15, -0.1) is 0 Å². The number of halogens is 2. The van der Waals surface area contributed by atoms with Crippen LogP contribution < -0.4 is 14.4 Å². The van der Waals surface area contributed by atoms with Gasteiger partial charge in [0.2, 0.25) is 11.8 Å². The number of nitrogens with one attached hydrogen (secondary N) is 1. The summed E-state index contributed by atoms with van der Waals surface area (Å²) < 4.78 is 35.7. The fourth-order valence-electron chi connectivity index (χ4n) is 4.86. The Morgan fingerprint density at radius 3 is 2.16 bits per heavy atom. The molecular formula is C34H35BrClN3O5S. The van der Waals surface area contributed by atoms with Crippen molar-refractivity contribution in [1.82, 2.24) is 10.2 Å².